The summed E-state index contributed by atoms with van der Waals surface area (Å²) in [5, 5.41) is 9.10. The standard InChI is InChI=1S/C14H21NO3/c1-9(2)12-13(14(16)17)18-11(15-12)8-10-6-4-3-5-7-10/h9-10H,3-8H2,1-2H3,(H,16,17). The van der Waals surface area contributed by atoms with Gasteiger partial charge in [0.05, 0.1) is 5.69 Å². The predicted octanol–water partition coefficient (Wildman–Crippen LogP) is 3.62. The third-order valence-electron chi connectivity index (χ3n) is 3.63. The second-order valence-corrected chi connectivity index (χ2v) is 5.49. The van der Waals surface area contributed by atoms with Gasteiger partial charge in [-0.1, -0.05) is 33.1 Å². The lowest BCUT2D eigenvalue weighted by molar-refractivity contribution is 0.0657. The summed E-state index contributed by atoms with van der Waals surface area (Å²) in [6.45, 7) is 3.88. The van der Waals surface area contributed by atoms with Crippen molar-refractivity contribution in [1.82, 2.24) is 4.98 Å². The third-order valence-corrected chi connectivity index (χ3v) is 3.63. The maximum atomic E-state index is 11.1. The van der Waals surface area contributed by atoms with E-state index in [0.717, 1.165) is 6.42 Å². The van der Waals surface area contributed by atoms with Crippen LogP contribution in [-0.2, 0) is 6.42 Å². The van der Waals surface area contributed by atoms with Crippen LogP contribution in [0, 0.1) is 5.92 Å². The Balaban J connectivity index is 2.13. The lowest BCUT2D eigenvalue weighted by atomic mass is 9.87. The molecule has 0 radical (unpaired) electrons. The molecule has 18 heavy (non-hydrogen) atoms. The molecule has 1 heterocycles. The van der Waals surface area contributed by atoms with Gasteiger partial charge in [0.1, 0.15) is 0 Å². The molecule has 1 aromatic rings. The largest absolute Gasteiger partial charge is 0.475 e. The Kier molecular flexibility index (Phi) is 4.04. The minimum atomic E-state index is -1.01. The van der Waals surface area contributed by atoms with E-state index in [1.54, 1.807) is 0 Å². The summed E-state index contributed by atoms with van der Waals surface area (Å²) in [7, 11) is 0. The number of rotatable bonds is 4. The first kappa shape index (κ1) is 13.1. The van der Waals surface area contributed by atoms with Gasteiger partial charge < -0.3 is 9.52 Å². The summed E-state index contributed by atoms with van der Waals surface area (Å²) in [5.74, 6) is 0.305. The molecule has 4 nitrogen and oxygen atoms in total. The van der Waals surface area contributed by atoms with E-state index >= 15 is 0 Å². The van der Waals surface area contributed by atoms with Crippen LogP contribution in [0.5, 0.6) is 0 Å². The van der Waals surface area contributed by atoms with Gasteiger partial charge >= 0.3 is 5.97 Å². The van der Waals surface area contributed by atoms with Gasteiger partial charge in [0.15, 0.2) is 5.89 Å². The molecule has 100 valence electrons. The summed E-state index contributed by atoms with van der Waals surface area (Å²) >= 11 is 0. The number of nitrogens with zero attached hydrogens (tertiary/aromatic N) is 1. The summed E-state index contributed by atoms with van der Waals surface area (Å²) in [6.07, 6.45) is 7.07. The smallest absolute Gasteiger partial charge is 0.373 e. The zero-order valence-corrected chi connectivity index (χ0v) is 11.1. The quantitative estimate of drug-likeness (QED) is 0.887. The van der Waals surface area contributed by atoms with E-state index < -0.39 is 5.97 Å². The molecule has 1 aliphatic rings. The van der Waals surface area contributed by atoms with E-state index in [0.29, 0.717) is 17.5 Å². The van der Waals surface area contributed by atoms with E-state index in [4.69, 9.17) is 9.52 Å². The molecule has 1 aliphatic carbocycles. The molecule has 0 spiro atoms. The molecule has 2 rings (SSSR count). The maximum Gasteiger partial charge on any atom is 0.373 e. The highest BCUT2D eigenvalue weighted by Crippen LogP contribution is 2.28. The second kappa shape index (κ2) is 5.55. The fourth-order valence-corrected chi connectivity index (χ4v) is 2.65. The second-order valence-electron chi connectivity index (χ2n) is 5.49. The van der Waals surface area contributed by atoms with Crippen LogP contribution in [0.4, 0.5) is 0 Å². The Labute approximate surface area is 107 Å². The molecule has 0 aliphatic heterocycles. The van der Waals surface area contributed by atoms with Gasteiger partial charge in [-0.25, -0.2) is 9.78 Å². The zero-order valence-electron chi connectivity index (χ0n) is 11.1. The van der Waals surface area contributed by atoms with Gasteiger partial charge in [-0.15, -0.1) is 0 Å². The molecular weight excluding hydrogens is 230 g/mol. The molecule has 1 aromatic heterocycles. The average molecular weight is 251 g/mol. The Morgan fingerprint density at radius 1 is 1.39 bits per heavy atom. The Bertz CT molecular complexity index is 417. The van der Waals surface area contributed by atoms with Crippen LogP contribution in [0.3, 0.4) is 0 Å². The van der Waals surface area contributed by atoms with Gasteiger partial charge in [-0.05, 0) is 24.7 Å². The molecule has 0 atom stereocenters. The van der Waals surface area contributed by atoms with Crippen LogP contribution < -0.4 is 0 Å². The van der Waals surface area contributed by atoms with Gasteiger partial charge in [-0.3, -0.25) is 0 Å². The van der Waals surface area contributed by atoms with Crippen LogP contribution in [0.1, 0.15) is 74.0 Å². The summed E-state index contributed by atoms with van der Waals surface area (Å²) in [4.78, 5) is 15.5. The molecule has 0 saturated heterocycles. The molecule has 0 aromatic carbocycles. The minimum Gasteiger partial charge on any atom is -0.475 e. The van der Waals surface area contributed by atoms with Crippen LogP contribution in [0.2, 0.25) is 0 Å². The first-order valence-corrected chi connectivity index (χ1v) is 6.80. The van der Waals surface area contributed by atoms with E-state index in [2.05, 4.69) is 4.98 Å². The molecule has 1 fully saturated rings. The lowest BCUT2D eigenvalue weighted by Crippen LogP contribution is -2.09. The highest BCUT2D eigenvalue weighted by Gasteiger charge is 2.23. The molecule has 0 amide bonds. The molecule has 4 heteroatoms. The fourth-order valence-electron chi connectivity index (χ4n) is 2.65. The monoisotopic (exact) mass is 251 g/mol. The lowest BCUT2D eigenvalue weighted by Gasteiger charge is -2.19. The first-order chi connectivity index (χ1) is 8.58. The van der Waals surface area contributed by atoms with Crippen molar-refractivity contribution in [2.75, 3.05) is 0 Å². The number of carboxylic acid groups (broad SMARTS) is 1. The summed E-state index contributed by atoms with van der Waals surface area (Å²) < 4.78 is 5.43. The van der Waals surface area contributed by atoms with Crippen molar-refractivity contribution in [3.63, 3.8) is 0 Å². The van der Waals surface area contributed by atoms with Crippen molar-refractivity contribution < 1.29 is 14.3 Å². The summed E-state index contributed by atoms with van der Waals surface area (Å²) in [5.41, 5.74) is 0.577. The van der Waals surface area contributed by atoms with Crippen molar-refractivity contribution >= 4 is 5.97 Å². The third kappa shape index (κ3) is 2.92. The topological polar surface area (TPSA) is 63.3 Å². The number of oxazole rings is 1. The van der Waals surface area contributed by atoms with Crippen LogP contribution in [0.25, 0.3) is 0 Å². The SMILES string of the molecule is CC(C)c1nc(CC2CCCCC2)oc1C(=O)O. The van der Waals surface area contributed by atoms with Gasteiger partial charge in [0.25, 0.3) is 0 Å². The number of hydrogen-bond acceptors (Lipinski definition) is 3. The van der Waals surface area contributed by atoms with Gasteiger partial charge in [0, 0.05) is 6.42 Å². The average Bonchev–Trinajstić information content (AvgIpc) is 2.74. The molecule has 0 bridgehead atoms. The van der Waals surface area contributed by atoms with E-state index in [1.807, 2.05) is 13.8 Å². The number of aromatic nitrogens is 1. The van der Waals surface area contributed by atoms with E-state index in [-0.39, 0.29) is 11.7 Å². The van der Waals surface area contributed by atoms with Crippen LogP contribution in [0.15, 0.2) is 4.42 Å². The minimum absolute atomic E-state index is 0.0239. The van der Waals surface area contributed by atoms with E-state index in [9.17, 15) is 4.79 Å². The fraction of sp³-hybridized carbons (Fsp3) is 0.714. The van der Waals surface area contributed by atoms with E-state index in [1.165, 1.54) is 32.1 Å². The molecule has 0 unspecified atom stereocenters. The summed E-state index contributed by atoms with van der Waals surface area (Å²) in [6, 6.07) is 0. The first-order valence-electron chi connectivity index (χ1n) is 6.80. The highest BCUT2D eigenvalue weighted by molar-refractivity contribution is 5.85. The van der Waals surface area contributed by atoms with Crippen molar-refractivity contribution in [3.8, 4) is 0 Å². The van der Waals surface area contributed by atoms with Crippen molar-refractivity contribution in [1.29, 1.82) is 0 Å². The van der Waals surface area contributed by atoms with Crippen molar-refractivity contribution in [2.24, 2.45) is 5.92 Å². The van der Waals surface area contributed by atoms with Crippen LogP contribution >= 0.6 is 0 Å². The Morgan fingerprint density at radius 2 is 2.06 bits per heavy atom. The Morgan fingerprint density at radius 3 is 2.56 bits per heavy atom. The normalized spacial score (nSPS) is 17.3. The molecule has 1 N–H and O–H groups in total. The number of aromatic carboxylic acids is 1. The van der Waals surface area contributed by atoms with Crippen LogP contribution in [-0.4, -0.2) is 16.1 Å². The Hall–Kier alpha value is -1.32. The van der Waals surface area contributed by atoms with Crippen molar-refractivity contribution in [2.45, 2.75) is 58.3 Å². The van der Waals surface area contributed by atoms with Gasteiger partial charge in [0.2, 0.25) is 5.76 Å². The maximum absolute atomic E-state index is 11.1. The predicted molar refractivity (Wildman–Crippen MR) is 67.8 cm³/mol. The molecular formula is C14H21NO3. The highest BCUT2D eigenvalue weighted by atomic mass is 16.4. The zero-order chi connectivity index (χ0) is 13.1. The molecule has 1 saturated carbocycles. The number of carboxylic acids is 1. The van der Waals surface area contributed by atoms with Crippen molar-refractivity contribution in [3.05, 3.63) is 17.3 Å². The number of carbonyl (C=O) groups is 1. The number of hydrogen-bond donors (Lipinski definition) is 1. The van der Waals surface area contributed by atoms with Gasteiger partial charge in [-0.2, -0.15) is 0 Å².